The maximum atomic E-state index is 12.0. The summed E-state index contributed by atoms with van der Waals surface area (Å²) in [4.78, 5) is 25.4. The van der Waals surface area contributed by atoms with Gasteiger partial charge in [-0.25, -0.2) is 4.98 Å². The number of aromatic amines is 1. The van der Waals surface area contributed by atoms with E-state index in [1.165, 1.54) is 24.1 Å². The molecule has 202 valence electrons. The van der Waals surface area contributed by atoms with Crippen molar-refractivity contribution in [2.75, 3.05) is 49.5 Å². The first kappa shape index (κ1) is 25.4. The van der Waals surface area contributed by atoms with E-state index in [0.717, 1.165) is 73.0 Å². The topological polar surface area (TPSA) is 73.5 Å². The summed E-state index contributed by atoms with van der Waals surface area (Å²) in [6, 6.07) is 22.8. The lowest BCUT2D eigenvalue weighted by molar-refractivity contribution is -0.116. The highest BCUT2D eigenvalue weighted by molar-refractivity contribution is 5.91. The van der Waals surface area contributed by atoms with Crippen LogP contribution in [0.5, 0.6) is 5.75 Å². The quantitative estimate of drug-likeness (QED) is 0.278. The van der Waals surface area contributed by atoms with E-state index in [-0.39, 0.29) is 5.91 Å². The molecule has 0 bridgehead atoms. The third-order valence-corrected chi connectivity index (χ3v) is 7.83. The van der Waals surface area contributed by atoms with Crippen molar-refractivity contribution >= 4 is 28.3 Å². The molecule has 2 heterocycles. The Balaban J connectivity index is 0.993. The number of benzene rings is 3. The van der Waals surface area contributed by atoms with E-state index in [4.69, 9.17) is 9.72 Å². The summed E-state index contributed by atoms with van der Waals surface area (Å²) in [5, 5.41) is 2.98. The number of anilines is 2. The second kappa shape index (κ2) is 11.5. The van der Waals surface area contributed by atoms with Crippen LogP contribution in [-0.4, -0.2) is 60.1 Å². The first-order valence-corrected chi connectivity index (χ1v) is 14.2. The number of carbonyl (C=O) groups is 1. The number of aryl methyl sites for hydroxylation is 1. The van der Waals surface area contributed by atoms with E-state index in [0.29, 0.717) is 18.9 Å². The second-order valence-corrected chi connectivity index (χ2v) is 10.7. The second-order valence-electron chi connectivity index (χ2n) is 10.7. The molecule has 0 atom stereocenters. The number of ether oxygens (including phenoxy) is 1. The number of nitrogens with one attached hydrogen (secondary N) is 2. The van der Waals surface area contributed by atoms with Gasteiger partial charge in [-0.2, -0.15) is 0 Å². The maximum Gasteiger partial charge on any atom is 0.224 e. The molecule has 1 saturated heterocycles. The standard InChI is InChI=1S/C32H37N5O2/c1-2-23-8-10-25(11-9-23)32-34-28-4-3-5-29(31(28)35-32)37-18-16-36(17-19-37)20-21-39-27-14-12-26(13-15-27)33-30(38)22-24-6-7-24/h3-5,8-15,24H,2,6-7,16-22H2,1H3,(H,33,38)(H,34,35). The molecule has 2 fully saturated rings. The lowest BCUT2D eigenvalue weighted by Crippen LogP contribution is -2.47. The fraction of sp³-hybridized carbons (Fsp3) is 0.375. The highest BCUT2D eigenvalue weighted by Crippen LogP contribution is 2.33. The van der Waals surface area contributed by atoms with Crippen molar-refractivity contribution in [2.45, 2.75) is 32.6 Å². The van der Waals surface area contributed by atoms with Gasteiger partial charge in [0, 0.05) is 50.4 Å². The Morgan fingerprint density at radius 3 is 2.49 bits per heavy atom. The molecule has 39 heavy (non-hydrogen) atoms. The number of rotatable bonds is 10. The zero-order valence-corrected chi connectivity index (χ0v) is 22.7. The van der Waals surface area contributed by atoms with Crippen LogP contribution in [0.3, 0.4) is 0 Å². The number of para-hydroxylation sites is 1. The van der Waals surface area contributed by atoms with E-state index in [1.54, 1.807) is 0 Å². The third-order valence-electron chi connectivity index (χ3n) is 7.83. The fourth-order valence-corrected chi connectivity index (χ4v) is 5.24. The van der Waals surface area contributed by atoms with Gasteiger partial charge in [0.1, 0.15) is 23.7 Å². The molecule has 6 rings (SSSR count). The van der Waals surface area contributed by atoms with Crippen LogP contribution < -0.4 is 15.0 Å². The molecule has 7 nitrogen and oxygen atoms in total. The van der Waals surface area contributed by atoms with Gasteiger partial charge in [0.15, 0.2) is 0 Å². The van der Waals surface area contributed by atoms with Crippen molar-refractivity contribution in [2.24, 2.45) is 5.92 Å². The fourth-order valence-electron chi connectivity index (χ4n) is 5.24. The Morgan fingerprint density at radius 2 is 1.77 bits per heavy atom. The van der Waals surface area contributed by atoms with Crippen LogP contribution in [0.1, 0.15) is 31.7 Å². The van der Waals surface area contributed by atoms with E-state index < -0.39 is 0 Å². The van der Waals surface area contributed by atoms with E-state index >= 15 is 0 Å². The summed E-state index contributed by atoms with van der Waals surface area (Å²) in [6.45, 7) is 7.60. The molecule has 1 aromatic heterocycles. The van der Waals surface area contributed by atoms with Gasteiger partial charge in [-0.05, 0) is 67.1 Å². The van der Waals surface area contributed by atoms with Crippen LogP contribution in [0.4, 0.5) is 11.4 Å². The molecule has 0 spiro atoms. The van der Waals surface area contributed by atoms with Gasteiger partial charge < -0.3 is 19.9 Å². The summed E-state index contributed by atoms with van der Waals surface area (Å²) in [7, 11) is 0. The van der Waals surface area contributed by atoms with Gasteiger partial charge in [-0.1, -0.05) is 37.3 Å². The highest BCUT2D eigenvalue weighted by atomic mass is 16.5. The summed E-state index contributed by atoms with van der Waals surface area (Å²) in [5.74, 6) is 2.45. The van der Waals surface area contributed by atoms with Crippen molar-refractivity contribution in [3.63, 3.8) is 0 Å². The minimum Gasteiger partial charge on any atom is -0.492 e. The minimum absolute atomic E-state index is 0.107. The predicted octanol–water partition coefficient (Wildman–Crippen LogP) is 5.73. The Bertz CT molecular complexity index is 1400. The number of hydrogen-bond acceptors (Lipinski definition) is 5. The van der Waals surface area contributed by atoms with Gasteiger partial charge in [0.05, 0.1) is 11.2 Å². The largest absolute Gasteiger partial charge is 0.492 e. The average Bonchev–Trinajstić information content (AvgIpc) is 3.67. The van der Waals surface area contributed by atoms with Crippen LogP contribution in [0.2, 0.25) is 0 Å². The number of hydrogen-bond donors (Lipinski definition) is 2. The van der Waals surface area contributed by atoms with Crippen LogP contribution in [0, 0.1) is 5.92 Å². The number of nitrogens with zero attached hydrogens (tertiary/aromatic N) is 3. The number of piperazine rings is 1. The number of amides is 1. The lowest BCUT2D eigenvalue weighted by Gasteiger charge is -2.36. The van der Waals surface area contributed by atoms with Gasteiger partial charge in [0.25, 0.3) is 0 Å². The monoisotopic (exact) mass is 523 g/mol. The summed E-state index contributed by atoms with van der Waals surface area (Å²) in [5.41, 5.74) is 6.59. The molecule has 1 amide bonds. The Labute approximate surface area is 230 Å². The lowest BCUT2D eigenvalue weighted by atomic mass is 10.1. The van der Waals surface area contributed by atoms with Gasteiger partial charge >= 0.3 is 0 Å². The summed E-state index contributed by atoms with van der Waals surface area (Å²) >= 11 is 0. The van der Waals surface area contributed by atoms with Crippen molar-refractivity contribution in [1.29, 1.82) is 0 Å². The number of fused-ring (bicyclic) bond motifs is 1. The Kier molecular flexibility index (Phi) is 7.50. The first-order chi connectivity index (χ1) is 19.1. The predicted molar refractivity (Wildman–Crippen MR) is 157 cm³/mol. The molecule has 1 saturated carbocycles. The van der Waals surface area contributed by atoms with Crippen LogP contribution in [0.25, 0.3) is 22.4 Å². The van der Waals surface area contributed by atoms with E-state index in [1.807, 2.05) is 24.3 Å². The zero-order valence-electron chi connectivity index (χ0n) is 22.7. The Hall–Kier alpha value is -3.84. The highest BCUT2D eigenvalue weighted by Gasteiger charge is 2.24. The van der Waals surface area contributed by atoms with Gasteiger partial charge in [0.2, 0.25) is 5.91 Å². The number of carbonyl (C=O) groups excluding carboxylic acids is 1. The molecule has 0 unspecified atom stereocenters. The normalized spacial score (nSPS) is 16.0. The van der Waals surface area contributed by atoms with Crippen molar-refractivity contribution in [3.8, 4) is 17.1 Å². The van der Waals surface area contributed by atoms with Crippen molar-refractivity contribution in [3.05, 3.63) is 72.3 Å². The van der Waals surface area contributed by atoms with E-state index in [9.17, 15) is 4.79 Å². The first-order valence-electron chi connectivity index (χ1n) is 14.2. The maximum absolute atomic E-state index is 12.0. The SMILES string of the molecule is CCc1ccc(-c2nc3c(N4CCN(CCOc5ccc(NC(=O)CC6CC6)cc5)CC4)cccc3[nH]2)cc1. The third kappa shape index (κ3) is 6.25. The summed E-state index contributed by atoms with van der Waals surface area (Å²) in [6.07, 6.45) is 4.05. The molecule has 1 aliphatic heterocycles. The molecular weight excluding hydrogens is 486 g/mol. The van der Waals surface area contributed by atoms with Crippen LogP contribution in [-0.2, 0) is 11.2 Å². The number of aromatic nitrogens is 2. The molecule has 0 radical (unpaired) electrons. The van der Waals surface area contributed by atoms with Gasteiger partial charge in [-0.15, -0.1) is 0 Å². The molecular formula is C32H37N5O2. The van der Waals surface area contributed by atoms with Crippen LogP contribution >= 0.6 is 0 Å². The molecule has 3 aromatic carbocycles. The molecule has 2 aliphatic rings. The van der Waals surface area contributed by atoms with Crippen molar-refractivity contribution in [1.82, 2.24) is 14.9 Å². The van der Waals surface area contributed by atoms with Crippen LogP contribution in [0.15, 0.2) is 66.7 Å². The summed E-state index contributed by atoms with van der Waals surface area (Å²) < 4.78 is 5.99. The Morgan fingerprint density at radius 1 is 1.00 bits per heavy atom. The molecule has 4 aromatic rings. The molecule has 1 aliphatic carbocycles. The zero-order chi connectivity index (χ0) is 26.6. The number of H-pyrrole nitrogens is 1. The average molecular weight is 524 g/mol. The van der Waals surface area contributed by atoms with Crippen molar-refractivity contribution < 1.29 is 9.53 Å². The van der Waals surface area contributed by atoms with Gasteiger partial charge in [-0.3, -0.25) is 9.69 Å². The minimum atomic E-state index is 0.107. The number of imidazole rings is 1. The van der Waals surface area contributed by atoms with E-state index in [2.05, 4.69) is 69.5 Å². The molecule has 2 N–H and O–H groups in total. The smallest absolute Gasteiger partial charge is 0.224 e. The molecule has 7 heteroatoms.